The lowest BCUT2D eigenvalue weighted by atomic mass is 10.1. The van der Waals surface area contributed by atoms with Crippen molar-refractivity contribution in [1.29, 1.82) is 0 Å². The van der Waals surface area contributed by atoms with Crippen LogP contribution >= 0.6 is 11.3 Å². The number of carbonyl (C=O) groups is 1. The van der Waals surface area contributed by atoms with Gasteiger partial charge in [0.25, 0.3) is 0 Å². The first kappa shape index (κ1) is 11.0. The number of ketones is 1. The number of carbonyl (C=O) groups excluding carboxylic acids is 1. The van der Waals surface area contributed by atoms with Gasteiger partial charge in [-0.15, -0.1) is 11.3 Å². The van der Waals surface area contributed by atoms with Crippen LogP contribution in [0.15, 0.2) is 35.7 Å². The number of nitrogens with zero attached hydrogens (tertiary/aromatic N) is 1. The highest BCUT2D eigenvalue weighted by atomic mass is 32.1. The molecule has 0 saturated carbocycles. The van der Waals surface area contributed by atoms with Gasteiger partial charge in [-0.3, -0.25) is 4.79 Å². The van der Waals surface area contributed by atoms with Crippen LogP contribution in [0.1, 0.15) is 21.1 Å². The van der Waals surface area contributed by atoms with E-state index in [4.69, 9.17) is 5.73 Å². The van der Waals surface area contributed by atoms with Crippen LogP contribution in [0.3, 0.4) is 0 Å². The molecule has 3 nitrogen and oxygen atoms in total. The maximum Gasteiger partial charge on any atom is 0.212 e. The van der Waals surface area contributed by atoms with Crippen LogP contribution in [-0.4, -0.2) is 17.3 Å². The topological polar surface area (TPSA) is 56.0 Å². The summed E-state index contributed by atoms with van der Waals surface area (Å²) in [6.45, 7) is 0.562. The number of thiazole rings is 1. The minimum absolute atomic E-state index is 0.0277. The number of nitrogens with two attached hydrogens (primary N) is 1. The van der Waals surface area contributed by atoms with Crippen molar-refractivity contribution >= 4 is 17.1 Å². The molecule has 1 heterocycles. The molecule has 0 aliphatic heterocycles. The molecule has 4 heteroatoms. The van der Waals surface area contributed by atoms with E-state index in [9.17, 15) is 4.79 Å². The zero-order valence-corrected chi connectivity index (χ0v) is 9.54. The highest BCUT2D eigenvalue weighted by molar-refractivity contribution is 7.09. The third-order valence-corrected chi connectivity index (χ3v) is 3.09. The van der Waals surface area contributed by atoms with E-state index in [1.807, 2.05) is 18.2 Å². The van der Waals surface area contributed by atoms with Crippen molar-refractivity contribution in [2.45, 2.75) is 6.42 Å². The van der Waals surface area contributed by atoms with E-state index in [1.165, 1.54) is 11.3 Å². The van der Waals surface area contributed by atoms with Crippen molar-refractivity contribution in [1.82, 2.24) is 4.98 Å². The maximum absolute atomic E-state index is 12.0. The molecular formula is C12H12N2OS. The smallest absolute Gasteiger partial charge is 0.212 e. The van der Waals surface area contributed by atoms with Crippen molar-refractivity contribution in [3.63, 3.8) is 0 Å². The Hall–Kier alpha value is -1.52. The minimum Gasteiger partial charge on any atom is -0.330 e. The van der Waals surface area contributed by atoms with Crippen molar-refractivity contribution in [3.05, 3.63) is 52.0 Å². The Kier molecular flexibility index (Phi) is 3.44. The first-order chi connectivity index (χ1) is 7.81. The van der Waals surface area contributed by atoms with Gasteiger partial charge in [-0.25, -0.2) is 4.98 Å². The van der Waals surface area contributed by atoms with E-state index < -0.39 is 0 Å². The summed E-state index contributed by atoms with van der Waals surface area (Å²) in [6, 6.07) is 9.17. The largest absolute Gasteiger partial charge is 0.330 e. The lowest BCUT2D eigenvalue weighted by molar-refractivity contribution is 0.103. The second-order valence-corrected chi connectivity index (χ2v) is 4.30. The number of hydrogen-bond acceptors (Lipinski definition) is 4. The fourth-order valence-electron chi connectivity index (χ4n) is 1.39. The average molecular weight is 232 g/mol. The zero-order valence-electron chi connectivity index (χ0n) is 8.72. The zero-order chi connectivity index (χ0) is 11.4. The van der Waals surface area contributed by atoms with Crippen LogP contribution in [0.4, 0.5) is 0 Å². The molecule has 0 spiro atoms. The van der Waals surface area contributed by atoms with E-state index in [-0.39, 0.29) is 5.78 Å². The highest BCUT2D eigenvalue weighted by Crippen LogP contribution is 2.14. The molecule has 2 aromatic rings. The second kappa shape index (κ2) is 5.01. The highest BCUT2D eigenvalue weighted by Gasteiger charge is 2.12. The molecule has 82 valence electrons. The Morgan fingerprint density at radius 1 is 1.31 bits per heavy atom. The molecule has 1 aromatic carbocycles. The van der Waals surface area contributed by atoms with Crippen LogP contribution in [0, 0.1) is 0 Å². The summed E-state index contributed by atoms with van der Waals surface area (Å²) < 4.78 is 0. The monoisotopic (exact) mass is 232 g/mol. The van der Waals surface area contributed by atoms with Crippen molar-refractivity contribution < 1.29 is 4.79 Å². The quantitative estimate of drug-likeness (QED) is 0.819. The number of benzene rings is 1. The number of hydrogen-bond donors (Lipinski definition) is 1. The minimum atomic E-state index is -0.0277. The van der Waals surface area contributed by atoms with Gasteiger partial charge in [-0.1, -0.05) is 30.3 Å². The Morgan fingerprint density at radius 2 is 2.06 bits per heavy atom. The summed E-state index contributed by atoms with van der Waals surface area (Å²) in [4.78, 5) is 16.2. The molecule has 0 aliphatic rings. The normalized spacial score (nSPS) is 10.3. The standard InChI is InChI=1S/C12H12N2OS/c13-7-6-11-14-10(8-16-11)12(15)9-4-2-1-3-5-9/h1-5,8H,6-7,13H2. The van der Waals surface area contributed by atoms with Gasteiger partial charge in [0.15, 0.2) is 0 Å². The third-order valence-electron chi connectivity index (χ3n) is 2.18. The molecule has 0 unspecified atom stereocenters. The molecule has 0 bridgehead atoms. The van der Waals surface area contributed by atoms with Gasteiger partial charge in [0.2, 0.25) is 5.78 Å². The van der Waals surface area contributed by atoms with Crippen molar-refractivity contribution in [2.24, 2.45) is 5.73 Å². The van der Waals surface area contributed by atoms with Crippen molar-refractivity contribution in [3.8, 4) is 0 Å². The summed E-state index contributed by atoms with van der Waals surface area (Å²) in [5.74, 6) is -0.0277. The lowest BCUT2D eigenvalue weighted by Crippen LogP contribution is -2.04. The van der Waals surface area contributed by atoms with Crippen LogP contribution in [0.25, 0.3) is 0 Å². The Bertz CT molecular complexity index is 479. The summed E-state index contributed by atoms with van der Waals surface area (Å²) in [5.41, 5.74) is 6.63. The molecule has 0 amide bonds. The van der Waals surface area contributed by atoms with E-state index in [0.717, 1.165) is 11.4 Å². The molecule has 16 heavy (non-hydrogen) atoms. The maximum atomic E-state index is 12.0. The summed E-state index contributed by atoms with van der Waals surface area (Å²) in [7, 11) is 0. The van der Waals surface area contributed by atoms with E-state index >= 15 is 0 Å². The molecule has 1 aromatic heterocycles. The first-order valence-electron chi connectivity index (χ1n) is 5.05. The fourth-order valence-corrected chi connectivity index (χ4v) is 2.19. The average Bonchev–Trinajstić information content (AvgIpc) is 2.78. The lowest BCUT2D eigenvalue weighted by Gasteiger charge is -1.95. The first-order valence-corrected chi connectivity index (χ1v) is 5.93. The molecule has 0 aliphatic carbocycles. The van der Waals surface area contributed by atoms with Gasteiger partial charge in [0, 0.05) is 17.4 Å². The molecule has 2 N–H and O–H groups in total. The Balaban J connectivity index is 2.21. The van der Waals surface area contributed by atoms with E-state index in [1.54, 1.807) is 17.5 Å². The molecule has 0 fully saturated rings. The van der Waals surface area contributed by atoms with Gasteiger partial charge >= 0.3 is 0 Å². The van der Waals surface area contributed by atoms with Crippen LogP contribution < -0.4 is 5.73 Å². The van der Waals surface area contributed by atoms with Crippen molar-refractivity contribution in [2.75, 3.05) is 6.54 Å². The summed E-state index contributed by atoms with van der Waals surface area (Å²) in [6.07, 6.45) is 0.729. The van der Waals surface area contributed by atoms with E-state index in [0.29, 0.717) is 17.8 Å². The van der Waals surface area contributed by atoms with Gasteiger partial charge in [0.1, 0.15) is 5.69 Å². The third kappa shape index (κ3) is 2.35. The van der Waals surface area contributed by atoms with Crippen LogP contribution in [0.5, 0.6) is 0 Å². The SMILES string of the molecule is NCCc1nc(C(=O)c2ccccc2)cs1. The van der Waals surface area contributed by atoms with Gasteiger partial charge in [0.05, 0.1) is 5.01 Å². The van der Waals surface area contributed by atoms with Crippen LogP contribution in [0.2, 0.25) is 0 Å². The fraction of sp³-hybridized carbons (Fsp3) is 0.167. The molecule has 0 saturated heterocycles. The summed E-state index contributed by atoms with van der Waals surface area (Å²) >= 11 is 1.49. The predicted octanol–water partition coefficient (Wildman–Crippen LogP) is 1.88. The summed E-state index contributed by atoms with van der Waals surface area (Å²) in [5, 5.41) is 2.71. The van der Waals surface area contributed by atoms with Gasteiger partial charge in [-0.2, -0.15) is 0 Å². The molecule has 0 radical (unpaired) electrons. The molecule has 2 rings (SSSR count). The number of aromatic nitrogens is 1. The Labute approximate surface area is 97.9 Å². The second-order valence-electron chi connectivity index (χ2n) is 3.36. The van der Waals surface area contributed by atoms with Crippen LogP contribution in [-0.2, 0) is 6.42 Å². The molecular weight excluding hydrogens is 220 g/mol. The predicted molar refractivity (Wildman–Crippen MR) is 64.7 cm³/mol. The number of rotatable bonds is 4. The molecule has 0 atom stereocenters. The van der Waals surface area contributed by atoms with Gasteiger partial charge in [-0.05, 0) is 6.54 Å². The van der Waals surface area contributed by atoms with E-state index in [2.05, 4.69) is 4.98 Å². The Morgan fingerprint density at radius 3 is 2.75 bits per heavy atom. The van der Waals surface area contributed by atoms with Gasteiger partial charge < -0.3 is 5.73 Å².